The first-order chi connectivity index (χ1) is 10.3. The second kappa shape index (κ2) is 5.96. The molecular formula is C15H14N6. The predicted octanol–water partition coefficient (Wildman–Crippen LogP) is 2.42. The largest absolute Gasteiger partial charge is 0.261 e. The van der Waals surface area contributed by atoms with Crippen LogP contribution < -0.4 is 5.43 Å². The van der Waals surface area contributed by atoms with E-state index in [0.717, 1.165) is 11.1 Å². The Bertz CT molecular complexity index is 748. The summed E-state index contributed by atoms with van der Waals surface area (Å²) >= 11 is 0. The maximum absolute atomic E-state index is 4.22. The van der Waals surface area contributed by atoms with E-state index in [2.05, 4.69) is 25.6 Å². The summed E-state index contributed by atoms with van der Waals surface area (Å²) in [4.78, 5) is 8.31. The van der Waals surface area contributed by atoms with Gasteiger partial charge in [0, 0.05) is 12.3 Å². The minimum absolute atomic E-state index is 0.611. The van der Waals surface area contributed by atoms with E-state index < -0.39 is 0 Å². The molecule has 2 aromatic heterocycles. The smallest absolute Gasteiger partial charge is 0.158 e. The van der Waals surface area contributed by atoms with Crippen LogP contribution >= 0.6 is 0 Å². The van der Waals surface area contributed by atoms with E-state index in [1.165, 1.54) is 6.33 Å². The molecule has 0 bridgehead atoms. The Morgan fingerprint density at radius 2 is 2.05 bits per heavy atom. The van der Waals surface area contributed by atoms with Gasteiger partial charge in [0.05, 0.1) is 12.4 Å². The van der Waals surface area contributed by atoms with Crippen LogP contribution in [0, 0.1) is 6.92 Å². The molecule has 0 unspecified atom stereocenters. The fraction of sp³-hybridized carbons (Fsp3) is 0.0667. The average molecular weight is 278 g/mol. The van der Waals surface area contributed by atoms with Gasteiger partial charge in [-0.1, -0.05) is 30.3 Å². The number of anilines is 1. The average Bonchev–Trinajstić information content (AvgIpc) is 2.95. The standard InChI is InChI=1S/C15H14N6/c1-12-8-19-21(10-12)15-7-14(16-11-17-15)20-18-9-13-5-3-2-4-6-13/h2-11H,1H3,(H,16,17,20)/b18-9+. The monoisotopic (exact) mass is 278 g/mol. The van der Waals surface area contributed by atoms with Crippen LogP contribution in [0.5, 0.6) is 0 Å². The van der Waals surface area contributed by atoms with Crippen LogP contribution in [0.4, 0.5) is 5.82 Å². The van der Waals surface area contributed by atoms with Crippen LogP contribution in [-0.2, 0) is 0 Å². The van der Waals surface area contributed by atoms with Gasteiger partial charge in [0.15, 0.2) is 11.6 Å². The predicted molar refractivity (Wildman–Crippen MR) is 81.5 cm³/mol. The van der Waals surface area contributed by atoms with E-state index in [0.29, 0.717) is 11.6 Å². The Labute approximate surface area is 122 Å². The molecule has 1 aromatic carbocycles. The molecule has 104 valence electrons. The maximum atomic E-state index is 4.22. The third-order valence-corrected chi connectivity index (χ3v) is 2.79. The molecule has 0 saturated carbocycles. The molecule has 3 aromatic rings. The van der Waals surface area contributed by atoms with Gasteiger partial charge >= 0.3 is 0 Å². The van der Waals surface area contributed by atoms with E-state index in [-0.39, 0.29) is 0 Å². The van der Waals surface area contributed by atoms with Crippen molar-refractivity contribution < 1.29 is 0 Å². The topological polar surface area (TPSA) is 68.0 Å². The first kappa shape index (κ1) is 13.0. The van der Waals surface area contributed by atoms with Crippen molar-refractivity contribution in [1.29, 1.82) is 0 Å². The summed E-state index contributed by atoms with van der Waals surface area (Å²) < 4.78 is 1.70. The molecule has 2 heterocycles. The van der Waals surface area contributed by atoms with Gasteiger partial charge in [0.2, 0.25) is 0 Å². The zero-order valence-electron chi connectivity index (χ0n) is 11.5. The lowest BCUT2D eigenvalue weighted by atomic mass is 10.2. The Morgan fingerprint density at radius 3 is 2.81 bits per heavy atom. The van der Waals surface area contributed by atoms with Crippen molar-refractivity contribution >= 4 is 12.0 Å². The van der Waals surface area contributed by atoms with Crippen LogP contribution in [0.2, 0.25) is 0 Å². The lowest BCUT2D eigenvalue weighted by molar-refractivity contribution is 0.839. The van der Waals surface area contributed by atoms with Gasteiger partial charge in [0.25, 0.3) is 0 Å². The molecule has 3 rings (SSSR count). The van der Waals surface area contributed by atoms with E-state index in [9.17, 15) is 0 Å². The van der Waals surface area contributed by atoms with Crippen LogP contribution in [0.1, 0.15) is 11.1 Å². The van der Waals surface area contributed by atoms with Crippen molar-refractivity contribution in [2.75, 3.05) is 5.43 Å². The van der Waals surface area contributed by atoms with Crippen molar-refractivity contribution in [3.63, 3.8) is 0 Å². The quantitative estimate of drug-likeness (QED) is 0.588. The summed E-state index contributed by atoms with van der Waals surface area (Å²) in [6, 6.07) is 11.6. The lowest BCUT2D eigenvalue weighted by Gasteiger charge is -2.02. The summed E-state index contributed by atoms with van der Waals surface area (Å²) in [6.45, 7) is 1.98. The van der Waals surface area contributed by atoms with Gasteiger partial charge in [-0.3, -0.25) is 5.43 Å². The summed E-state index contributed by atoms with van der Waals surface area (Å²) in [6.07, 6.45) is 6.90. The molecule has 0 aliphatic heterocycles. The SMILES string of the molecule is Cc1cnn(-c2cc(N/N=C/c3ccccc3)ncn2)c1. The van der Waals surface area contributed by atoms with Gasteiger partial charge in [-0.15, -0.1) is 0 Å². The van der Waals surface area contributed by atoms with E-state index in [4.69, 9.17) is 0 Å². The molecule has 0 radical (unpaired) electrons. The van der Waals surface area contributed by atoms with Crippen molar-refractivity contribution in [2.24, 2.45) is 5.10 Å². The molecule has 0 aliphatic carbocycles. The fourth-order valence-corrected chi connectivity index (χ4v) is 1.78. The van der Waals surface area contributed by atoms with E-state index in [1.54, 1.807) is 23.2 Å². The minimum atomic E-state index is 0.611. The molecule has 0 amide bonds. The summed E-state index contributed by atoms with van der Waals surface area (Å²) in [5, 5.41) is 8.37. The normalized spacial score (nSPS) is 10.9. The number of hydrazone groups is 1. The molecular weight excluding hydrogens is 264 g/mol. The summed E-state index contributed by atoms with van der Waals surface area (Å²) in [5.74, 6) is 1.30. The molecule has 21 heavy (non-hydrogen) atoms. The van der Waals surface area contributed by atoms with Gasteiger partial charge in [-0.2, -0.15) is 10.2 Å². The van der Waals surface area contributed by atoms with Crippen molar-refractivity contribution in [2.45, 2.75) is 6.92 Å². The van der Waals surface area contributed by atoms with Gasteiger partial charge in [-0.25, -0.2) is 14.6 Å². The van der Waals surface area contributed by atoms with E-state index >= 15 is 0 Å². The van der Waals surface area contributed by atoms with E-state index in [1.807, 2.05) is 43.5 Å². The van der Waals surface area contributed by atoms with Crippen molar-refractivity contribution in [3.05, 3.63) is 66.2 Å². The first-order valence-corrected chi connectivity index (χ1v) is 6.49. The highest BCUT2D eigenvalue weighted by molar-refractivity contribution is 5.79. The summed E-state index contributed by atoms with van der Waals surface area (Å²) in [7, 11) is 0. The van der Waals surface area contributed by atoms with Gasteiger partial charge in [0.1, 0.15) is 6.33 Å². The molecule has 0 fully saturated rings. The molecule has 0 atom stereocenters. The number of aryl methyl sites for hydroxylation is 1. The number of aromatic nitrogens is 4. The third kappa shape index (κ3) is 3.30. The van der Waals surface area contributed by atoms with Gasteiger partial charge < -0.3 is 0 Å². The highest BCUT2D eigenvalue weighted by atomic mass is 15.3. The molecule has 1 N–H and O–H groups in total. The number of nitrogens with one attached hydrogen (secondary N) is 1. The van der Waals surface area contributed by atoms with Crippen LogP contribution in [-0.4, -0.2) is 26.0 Å². The molecule has 0 spiro atoms. The van der Waals surface area contributed by atoms with Gasteiger partial charge in [-0.05, 0) is 18.1 Å². The Kier molecular flexibility index (Phi) is 3.68. The van der Waals surface area contributed by atoms with Crippen LogP contribution in [0.25, 0.3) is 5.82 Å². The second-order valence-electron chi connectivity index (χ2n) is 4.50. The van der Waals surface area contributed by atoms with Crippen molar-refractivity contribution in [3.8, 4) is 5.82 Å². The fourth-order valence-electron chi connectivity index (χ4n) is 1.78. The molecule has 6 heteroatoms. The number of rotatable bonds is 4. The van der Waals surface area contributed by atoms with Crippen LogP contribution in [0.15, 0.2) is 60.2 Å². The molecule has 0 aliphatic rings. The number of hydrogen-bond donors (Lipinski definition) is 1. The number of hydrogen-bond acceptors (Lipinski definition) is 5. The maximum Gasteiger partial charge on any atom is 0.158 e. The first-order valence-electron chi connectivity index (χ1n) is 6.49. The highest BCUT2D eigenvalue weighted by Gasteiger charge is 2.01. The Hall–Kier alpha value is -3.02. The Balaban J connectivity index is 1.73. The lowest BCUT2D eigenvalue weighted by Crippen LogP contribution is -2.01. The number of benzene rings is 1. The molecule has 6 nitrogen and oxygen atoms in total. The van der Waals surface area contributed by atoms with Crippen molar-refractivity contribution in [1.82, 2.24) is 19.7 Å². The number of nitrogens with zero attached hydrogens (tertiary/aromatic N) is 5. The Morgan fingerprint density at radius 1 is 1.19 bits per heavy atom. The second-order valence-corrected chi connectivity index (χ2v) is 4.50. The molecule has 0 saturated heterocycles. The zero-order valence-corrected chi connectivity index (χ0v) is 11.5. The zero-order chi connectivity index (χ0) is 14.5. The van der Waals surface area contributed by atoms with Crippen LogP contribution in [0.3, 0.4) is 0 Å². The highest BCUT2D eigenvalue weighted by Crippen LogP contribution is 2.09. The third-order valence-electron chi connectivity index (χ3n) is 2.79. The minimum Gasteiger partial charge on any atom is -0.261 e. The summed E-state index contributed by atoms with van der Waals surface area (Å²) in [5.41, 5.74) is 4.98.